The lowest BCUT2D eigenvalue weighted by Gasteiger charge is -2.39. The van der Waals surface area contributed by atoms with Crippen molar-refractivity contribution >= 4 is 17.6 Å². The van der Waals surface area contributed by atoms with Gasteiger partial charge in [-0.05, 0) is 19.3 Å². The van der Waals surface area contributed by atoms with Gasteiger partial charge in [0.15, 0.2) is 0 Å². The van der Waals surface area contributed by atoms with Crippen LogP contribution < -0.4 is 0 Å². The molecule has 0 heterocycles. The number of ether oxygens (including phenoxy) is 1. The molecule has 0 saturated carbocycles. The molecule has 0 amide bonds. The van der Waals surface area contributed by atoms with Gasteiger partial charge in [0.1, 0.15) is 11.0 Å². The van der Waals surface area contributed by atoms with Crippen molar-refractivity contribution < 1.29 is 9.53 Å². The van der Waals surface area contributed by atoms with Crippen molar-refractivity contribution in [1.29, 1.82) is 0 Å². The molecule has 0 bridgehead atoms. The van der Waals surface area contributed by atoms with E-state index >= 15 is 0 Å². The van der Waals surface area contributed by atoms with Crippen LogP contribution in [-0.4, -0.2) is 16.9 Å². The highest BCUT2D eigenvalue weighted by molar-refractivity contribution is 6.30. The van der Waals surface area contributed by atoms with Gasteiger partial charge in [0.05, 0.1) is 0 Å². The summed E-state index contributed by atoms with van der Waals surface area (Å²) in [4.78, 5) is 11.9. The zero-order valence-electron chi connectivity index (χ0n) is 11.8. The Kier molecular flexibility index (Phi) is 4.49. The molecule has 0 aliphatic rings. The van der Waals surface area contributed by atoms with Crippen LogP contribution in [0.2, 0.25) is 0 Å². The predicted octanol–water partition coefficient (Wildman–Crippen LogP) is 4.01. The first kappa shape index (κ1) is 15.8. The van der Waals surface area contributed by atoms with E-state index in [0.717, 1.165) is 0 Å². The van der Waals surface area contributed by atoms with Gasteiger partial charge in [-0.2, -0.15) is 0 Å². The summed E-state index contributed by atoms with van der Waals surface area (Å²) in [6, 6.07) is 0. The standard InChI is InChI=1S/C13H25ClO2/c1-11(2,3)9(14)10(15)16-13(7,8)12(4,5)6/h9H,1-8H3. The predicted molar refractivity (Wildman–Crippen MR) is 68.7 cm³/mol. The number of alkyl halides is 1. The molecular formula is C13H25ClO2. The lowest BCUT2D eigenvalue weighted by molar-refractivity contribution is -0.168. The zero-order valence-corrected chi connectivity index (χ0v) is 12.5. The van der Waals surface area contributed by atoms with E-state index in [9.17, 15) is 4.79 Å². The minimum Gasteiger partial charge on any atom is -0.458 e. The molecular weight excluding hydrogens is 224 g/mol. The molecule has 96 valence electrons. The third-order valence-electron chi connectivity index (χ3n) is 3.13. The van der Waals surface area contributed by atoms with Gasteiger partial charge >= 0.3 is 5.97 Å². The molecule has 0 aromatic carbocycles. The van der Waals surface area contributed by atoms with Crippen LogP contribution in [0.25, 0.3) is 0 Å². The number of carbonyl (C=O) groups is 1. The van der Waals surface area contributed by atoms with Crippen LogP contribution in [0.4, 0.5) is 0 Å². The second-order valence-corrected chi connectivity index (χ2v) is 7.35. The summed E-state index contributed by atoms with van der Waals surface area (Å²) in [5, 5.41) is -0.617. The first-order valence-electron chi connectivity index (χ1n) is 5.66. The van der Waals surface area contributed by atoms with Crippen molar-refractivity contribution in [3.63, 3.8) is 0 Å². The van der Waals surface area contributed by atoms with Crippen molar-refractivity contribution in [3.05, 3.63) is 0 Å². The van der Waals surface area contributed by atoms with E-state index in [0.29, 0.717) is 0 Å². The van der Waals surface area contributed by atoms with Crippen molar-refractivity contribution in [2.45, 2.75) is 66.4 Å². The summed E-state index contributed by atoms with van der Waals surface area (Å²) >= 11 is 6.09. The lowest BCUT2D eigenvalue weighted by Crippen LogP contribution is -2.44. The van der Waals surface area contributed by atoms with Crippen LogP contribution in [0.3, 0.4) is 0 Å². The molecule has 1 atom stereocenters. The van der Waals surface area contributed by atoms with E-state index in [2.05, 4.69) is 0 Å². The Morgan fingerprint density at radius 2 is 1.38 bits per heavy atom. The van der Waals surface area contributed by atoms with Gasteiger partial charge in [-0.1, -0.05) is 41.5 Å². The first-order chi connectivity index (χ1) is 6.79. The van der Waals surface area contributed by atoms with Gasteiger partial charge in [0, 0.05) is 5.41 Å². The molecule has 16 heavy (non-hydrogen) atoms. The van der Waals surface area contributed by atoms with Crippen molar-refractivity contribution in [2.75, 3.05) is 0 Å². The number of hydrogen-bond donors (Lipinski definition) is 0. The first-order valence-corrected chi connectivity index (χ1v) is 6.09. The van der Waals surface area contributed by atoms with E-state index in [-0.39, 0.29) is 16.8 Å². The minimum atomic E-state index is -0.617. The van der Waals surface area contributed by atoms with Gasteiger partial charge < -0.3 is 4.74 Å². The number of carbonyl (C=O) groups excluding carboxylic acids is 1. The number of halogens is 1. The summed E-state index contributed by atoms with van der Waals surface area (Å²) < 4.78 is 5.52. The Hall–Kier alpha value is -0.240. The maximum absolute atomic E-state index is 11.9. The van der Waals surface area contributed by atoms with E-state index in [1.54, 1.807) is 0 Å². The molecule has 0 aliphatic carbocycles. The molecule has 0 radical (unpaired) electrons. The number of rotatable bonds is 2. The highest BCUT2D eigenvalue weighted by atomic mass is 35.5. The van der Waals surface area contributed by atoms with Crippen molar-refractivity contribution in [3.8, 4) is 0 Å². The minimum absolute atomic E-state index is 0.114. The lowest BCUT2D eigenvalue weighted by atomic mass is 9.79. The molecule has 1 unspecified atom stereocenters. The van der Waals surface area contributed by atoms with Gasteiger partial charge in [0.2, 0.25) is 0 Å². The van der Waals surface area contributed by atoms with E-state index in [1.165, 1.54) is 0 Å². The van der Waals surface area contributed by atoms with Gasteiger partial charge in [-0.3, -0.25) is 4.79 Å². The van der Waals surface area contributed by atoms with Crippen LogP contribution in [0.1, 0.15) is 55.4 Å². The summed E-state index contributed by atoms with van der Waals surface area (Å²) in [5.41, 5.74) is -0.924. The van der Waals surface area contributed by atoms with Crippen LogP contribution in [0.15, 0.2) is 0 Å². The molecule has 3 heteroatoms. The largest absolute Gasteiger partial charge is 0.458 e. The van der Waals surface area contributed by atoms with Gasteiger partial charge in [-0.25, -0.2) is 0 Å². The average molecular weight is 249 g/mol. The molecule has 0 aliphatic heterocycles. The summed E-state index contributed by atoms with van der Waals surface area (Å²) in [7, 11) is 0. The molecule has 0 aromatic heterocycles. The second-order valence-electron chi connectivity index (χ2n) is 6.91. The van der Waals surface area contributed by atoms with E-state index < -0.39 is 11.0 Å². The van der Waals surface area contributed by atoms with Crippen LogP contribution >= 0.6 is 11.6 Å². The quantitative estimate of drug-likeness (QED) is 0.545. The third-order valence-corrected chi connectivity index (χ3v) is 3.96. The highest BCUT2D eigenvalue weighted by Gasteiger charge is 2.40. The number of esters is 1. The number of hydrogen-bond acceptors (Lipinski definition) is 2. The maximum Gasteiger partial charge on any atom is 0.325 e. The topological polar surface area (TPSA) is 26.3 Å². The summed E-state index contributed by atoms with van der Waals surface area (Å²) in [5.74, 6) is -0.339. The maximum atomic E-state index is 11.9. The fraction of sp³-hybridized carbons (Fsp3) is 0.923. The fourth-order valence-corrected chi connectivity index (χ4v) is 0.854. The van der Waals surface area contributed by atoms with E-state index in [1.807, 2.05) is 55.4 Å². The SMILES string of the molecule is CC(C)(C)C(Cl)C(=O)OC(C)(C)C(C)(C)C. The Morgan fingerprint density at radius 1 is 1.00 bits per heavy atom. The Bertz CT molecular complexity index is 256. The van der Waals surface area contributed by atoms with Gasteiger partial charge in [-0.15, -0.1) is 11.6 Å². The molecule has 2 nitrogen and oxygen atoms in total. The third kappa shape index (κ3) is 3.97. The molecule has 0 spiro atoms. The smallest absolute Gasteiger partial charge is 0.325 e. The normalized spacial score (nSPS) is 15.8. The molecule has 0 fully saturated rings. The summed E-state index contributed by atoms with van der Waals surface area (Å²) in [6.45, 7) is 15.7. The monoisotopic (exact) mass is 248 g/mol. The molecule has 0 aromatic rings. The van der Waals surface area contributed by atoms with Crippen molar-refractivity contribution in [1.82, 2.24) is 0 Å². The van der Waals surface area contributed by atoms with Crippen LogP contribution in [0.5, 0.6) is 0 Å². The highest BCUT2D eigenvalue weighted by Crippen LogP contribution is 2.35. The Balaban J connectivity index is 4.71. The van der Waals surface area contributed by atoms with E-state index in [4.69, 9.17) is 16.3 Å². The Morgan fingerprint density at radius 3 is 1.62 bits per heavy atom. The Labute approximate surface area is 105 Å². The van der Waals surface area contributed by atoms with Gasteiger partial charge in [0.25, 0.3) is 0 Å². The average Bonchev–Trinajstić information content (AvgIpc) is 1.97. The molecule has 0 saturated heterocycles. The van der Waals surface area contributed by atoms with Crippen LogP contribution in [-0.2, 0) is 9.53 Å². The fourth-order valence-electron chi connectivity index (χ4n) is 0.810. The van der Waals surface area contributed by atoms with Crippen molar-refractivity contribution in [2.24, 2.45) is 10.8 Å². The molecule has 0 N–H and O–H groups in total. The summed E-state index contributed by atoms with van der Waals surface area (Å²) in [6.07, 6.45) is 0. The zero-order chi connectivity index (χ0) is 13.4. The van der Waals surface area contributed by atoms with Crippen LogP contribution in [0, 0.1) is 10.8 Å². The molecule has 0 rings (SSSR count). The second kappa shape index (κ2) is 4.56.